The number of esters is 1. The molecule has 4 heteroatoms. The number of carbonyl (C=O) groups is 1. The Balaban J connectivity index is 2.06. The summed E-state index contributed by atoms with van der Waals surface area (Å²) in [4.78, 5) is 12.8. The van der Waals surface area contributed by atoms with Crippen molar-refractivity contribution in [1.29, 1.82) is 5.26 Å². The van der Waals surface area contributed by atoms with Crippen LogP contribution < -0.4 is 4.74 Å². The summed E-state index contributed by atoms with van der Waals surface area (Å²) in [5.41, 5.74) is 2.17. The number of hydrogen-bond acceptors (Lipinski definition) is 4. The lowest BCUT2D eigenvalue weighted by atomic mass is 9.93. The van der Waals surface area contributed by atoms with E-state index in [-0.39, 0.29) is 5.57 Å². The molecule has 0 saturated heterocycles. The maximum Gasteiger partial charge on any atom is 0.349 e. The molecule has 0 atom stereocenters. The molecule has 2 rings (SSSR count). The molecule has 4 nitrogen and oxygen atoms in total. The molecule has 0 saturated carbocycles. The lowest BCUT2D eigenvalue weighted by molar-refractivity contribution is -0.138. The first kappa shape index (κ1) is 24.2. The van der Waals surface area contributed by atoms with Crippen molar-refractivity contribution in [3.05, 3.63) is 71.3 Å². The molecule has 2 aromatic rings. The Morgan fingerprint density at radius 3 is 2.00 bits per heavy atom. The van der Waals surface area contributed by atoms with Crippen LogP contribution in [0.3, 0.4) is 0 Å². The Morgan fingerprint density at radius 1 is 0.839 bits per heavy atom. The average Bonchev–Trinajstić information content (AvgIpc) is 2.82. The molecule has 0 aromatic heterocycles. The van der Waals surface area contributed by atoms with Gasteiger partial charge >= 0.3 is 5.97 Å². The first-order valence-electron chi connectivity index (χ1n) is 11.2. The van der Waals surface area contributed by atoms with E-state index in [1.54, 1.807) is 7.11 Å². The van der Waals surface area contributed by atoms with Crippen LogP contribution in [0.5, 0.6) is 5.75 Å². The van der Waals surface area contributed by atoms with Crippen molar-refractivity contribution >= 4 is 11.5 Å². The van der Waals surface area contributed by atoms with E-state index in [1.165, 1.54) is 32.1 Å². The van der Waals surface area contributed by atoms with Crippen LogP contribution in [-0.2, 0) is 9.53 Å². The first-order valence-corrected chi connectivity index (χ1v) is 11.2. The van der Waals surface area contributed by atoms with E-state index in [0.717, 1.165) is 30.4 Å². The van der Waals surface area contributed by atoms with Crippen molar-refractivity contribution in [3.63, 3.8) is 0 Å². The Bertz CT molecular complexity index is 864. The molecular weight excluding hydrogens is 386 g/mol. The number of rotatable bonds is 13. The third-order valence-corrected chi connectivity index (χ3v) is 5.24. The minimum atomic E-state index is -0.569. The number of nitrogens with zero attached hydrogens (tertiary/aromatic N) is 1. The summed E-state index contributed by atoms with van der Waals surface area (Å²) in [5, 5.41) is 9.80. The Hall–Kier alpha value is -3.06. The topological polar surface area (TPSA) is 59.3 Å². The van der Waals surface area contributed by atoms with Crippen LogP contribution in [0.15, 0.2) is 60.2 Å². The molecule has 2 aromatic carbocycles. The highest BCUT2D eigenvalue weighted by Crippen LogP contribution is 2.29. The zero-order valence-electron chi connectivity index (χ0n) is 18.7. The van der Waals surface area contributed by atoms with Crippen molar-refractivity contribution < 1.29 is 14.3 Å². The lowest BCUT2D eigenvalue weighted by Crippen LogP contribution is -2.11. The second kappa shape index (κ2) is 14.0. The molecule has 0 spiro atoms. The summed E-state index contributed by atoms with van der Waals surface area (Å²) in [6.45, 7) is 2.56. The number of benzene rings is 2. The molecule has 0 aliphatic heterocycles. The molecule has 0 unspecified atom stereocenters. The fourth-order valence-electron chi connectivity index (χ4n) is 3.49. The molecule has 0 radical (unpaired) electrons. The van der Waals surface area contributed by atoms with Crippen LogP contribution in [-0.4, -0.2) is 19.7 Å². The normalized spacial score (nSPS) is 11.4. The molecule has 164 valence electrons. The van der Waals surface area contributed by atoms with E-state index in [0.29, 0.717) is 17.9 Å². The minimum absolute atomic E-state index is 0.0240. The van der Waals surface area contributed by atoms with Crippen LogP contribution >= 0.6 is 0 Å². The van der Waals surface area contributed by atoms with Crippen LogP contribution in [0.25, 0.3) is 5.57 Å². The van der Waals surface area contributed by atoms with Gasteiger partial charge in [0, 0.05) is 5.57 Å². The Morgan fingerprint density at radius 2 is 1.42 bits per heavy atom. The largest absolute Gasteiger partial charge is 0.497 e. The van der Waals surface area contributed by atoms with E-state index in [9.17, 15) is 10.1 Å². The average molecular weight is 420 g/mol. The van der Waals surface area contributed by atoms with Crippen LogP contribution in [0.2, 0.25) is 0 Å². The zero-order valence-corrected chi connectivity index (χ0v) is 18.7. The molecule has 0 N–H and O–H groups in total. The third-order valence-electron chi connectivity index (χ3n) is 5.24. The second-order valence-electron chi connectivity index (χ2n) is 7.57. The number of nitriles is 1. The Kier molecular flexibility index (Phi) is 11.0. The third kappa shape index (κ3) is 7.94. The summed E-state index contributed by atoms with van der Waals surface area (Å²) in [5.74, 6) is 0.145. The molecule has 0 bridgehead atoms. The number of ether oxygens (including phenoxy) is 2. The van der Waals surface area contributed by atoms with Gasteiger partial charge in [0.2, 0.25) is 0 Å². The predicted octanol–water partition coefficient (Wildman–Crippen LogP) is 6.70. The monoisotopic (exact) mass is 419 g/mol. The van der Waals surface area contributed by atoms with Crippen LogP contribution in [0.4, 0.5) is 0 Å². The predicted molar refractivity (Wildman–Crippen MR) is 125 cm³/mol. The number of methoxy groups -OCH3 is 1. The van der Waals surface area contributed by atoms with Gasteiger partial charge in [-0.25, -0.2) is 4.79 Å². The van der Waals surface area contributed by atoms with Gasteiger partial charge in [-0.2, -0.15) is 5.26 Å². The van der Waals surface area contributed by atoms with Gasteiger partial charge in [-0.1, -0.05) is 94.3 Å². The zero-order chi connectivity index (χ0) is 22.3. The van der Waals surface area contributed by atoms with Crippen LogP contribution in [0.1, 0.15) is 69.4 Å². The van der Waals surface area contributed by atoms with Crippen molar-refractivity contribution in [2.45, 2.75) is 58.3 Å². The highest BCUT2D eigenvalue weighted by atomic mass is 16.5. The van der Waals surface area contributed by atoms with Gasteiger partial charge in [0.1, 0.15) is 17.4 Å². The molecule has 0 amide bonds. The number of carbonyl (C=O) groups excluding carboxylic acids is 1. The molecule has 0 fully saturated rings. The van der Waals surface area contributed by atoms with Crippen molar-refractivity contribution in [1.82, 2.24) is 0 Å². The van der Waals surface area contributed by atoms with E-state index < -0.39 is 5.97 Å². The van der Waals surface area contributed by atoms with Gasteiger partial charge < -0.3 is 9.47 Å². The van der Waals surface area contributed by atoms with Gasteiger partial charge in [-0.3, -0.25) is 0 Å². The highest BCUT2D eigenvalue weighted by Gasteiger charge is 2.20. The summed E-state index contributed by atoms with van der Waals surface area (Å²) >= 11 is 0. The maximum atomic E-state index is 12.8. The summed E-state index contributed by atoms with van der Waals surface area (Å²) in [6, 6.07) is 18.9. The minimum Gasteiger partial charge on any atom is -0.497 e. The smallest absolute Gasteiger partial charge is 0.349 e. The highest BCUT2D eigenvalue weighted by molar-refractivity contribution is 6.05. The fourth-order valence-corrected chi connectivity index (χ4v) is 3.49. The van der Waals surface area contributed by atoms with E-state index in [4.69, 9.17) is 9.47 Å². The van der Waals surface area contributed by atoms with E-state index >= 15 is 0 Å². The fraction of sp³-hybridized carbons (Fsp3) is 0.407. The number of hydrogen-bond donors (Lipinski definition) is 0. The van der Waals surface area contributed by atoms with Gasteiger partial charge in [0.25, 0.3) is 0 Å². The quantitative estimate of drug-likeness (QED) is 0.157. The Labute approximate surface area is 186 Å². The van der Waals surface area contributed by atoms with E-state index in [1.807, 2.05) is 54.6 Å². The van der Waals surface area contributed by atoms with Crippen molar-refractivity contribution in [3.8, 4) is 11.8 Å². The summed E-state index contributed by atoms with van der Waals surface area (Å²) in [7, 11) is 1.60. The van der Waals surface area contributed by atoms with Gasteiger partial charge in [0.05, 0.1) is 13.7 Å². The first-order chi connectivity index (χ1) is 15.2. The lowest BCUT2D eigenvalue weighted by Gasteiger charge is -2.12. The molecular formula is C27H33NO3. The molecule has 31 heavy (non-hydrogen) atoms. The van der Waals surface area contributed by atoms with Crippen LogP contribution in [0, 0.1) is 11.3 Å². The van der Waals surface area contributed by atoms with Gasteiger partial charge in [-0.15, -0.1) is 0 Å². The van der Waals surface area contributed by atoms with Gasteiger partial charge in [-0.05, 0) is 29.7 Å². The summed E-state index contributed by atoms with van der Waals surface area (Å²) < 4.78 is 10.7. The summed E-state index contributed by atoms with van der Waals surface area (Å²) in [6.07, 6.45) is 9.38. The molecule has 0 aliphatic carbocycles. The van der Waals surface area contributed by atoms with Gasteiger partial charge in [0.15, 0.2) is 0 Å². The van der Waals surface area contributed by atoms with Crippen molar-refractivity contribution in [2.75, 3.05) is 13.7 Å². The van der Waals surface area contributed by atoms with E-state index in [2.05, 4.69) is 13.0 Å². The SMILES string of the molecule is CCCCCCCCCCOC(=O)/C(C#N)=C(/c1ccccc1)c1ccc(OC)cc1. The molecule has 0 aliphatic rings. The maximum absolute atomic E-state index is 12.8. The van der Waals surface area contributed by atoms with Crippen molar-refractivity contribution in [2.24, 2.45) is 0 Å². The second-order valence-corrected chi connectivity index (χ2v) is 7.57. The standard InChI is InChI=1S/C27H33NO3/c1-3-4-5-6-7-8-9-13-20-31-27(29)25(21-28)26(22-14-11-10-12-15-22)23-16-18-24(30-2)19-17-23/h10-12,14-19H,3-9,13,20H2,1-2H3/b26-25-. The number of unbranched alkanes of at least 4 members (excludes halogenated alkanes) is 7. The molecule has 0 heterocycles.